The van der Waals surface area contributed by atoms with Gasteiger partial charge in [-0.15, -0.1) is 0 Å². The first kappa shape index (κ1) is 20.2. The van der Waals surface area contributed by atoms with Gasteiger partial charge >= 0.3 is 0 Å². The summed E-state index contributed by atoms with van der Waals surface area (Å²) in [6, 6.07) is 11.3. The molecule has 0 saturated carbocycles. The molecule has 2 aromatic rings. The molecule has 0 unspecified atom stereocenters. The summed E-state index contributed by atoms with van der Waals surface area (Å²) in [4.78, 5) is 13.8. The largest absolute Gasteiger partial charge is 0.497 e. The minimum Gasteiger partial charge on any atom is -0.497 e. The SMILES string of the molecule is COc1ccc([C@@H](C)NS(=O)(=O)c2ccc(OC)c(N3CCCC3=O)c2)cc1. The predicted molar refractivity (Wildman–Crippen MR) is 106 cm³/mol. The first-order valence-electron chi connectivity index (χ1n) is 9.00. The van der Waals surface area contributed by atoms with Gasteiger partial charge in [0.05, 0.1) is 24.8 Å². The number of rotatable bonds is 7. The first-order chi connectivity index (χ1) is 13.4. The molecule has 3 rings (SSSR count). The number of hydrogen-bond donors (Lipinski definition) is 1. The van der Waals surface area contributed by atoms with Crippen LogP contribution in [0.2, 0.25) is 0 Å². The van der Waals surface area contributed by atoms with Crippen molar-refractivity contribution in [3.63, 3.8) is 0 Å². The van der Waals surface area contributed by atoms with Crippen molar-refractivity contribution in [3.05, 3.63) is 48.0 Å². The molecular formula is C20H24N2O5S. The summed E-state index contributed by atoms with van der Waals surface area (Å²) in [6.07, 6.45) is 1.19. The summed E-state index contributed by atoms with van der Waals surface area (Å²) in [7, 11) is -0.718. The highest BCUT2D eigenvalue weighted by Gasteiger charge is 2.27. The molecule has 0 bridgehead atoms. The van der Waals surface area contributed by atoms with Gasteiger partial charge in [0, 0.05) is 19.0 Å². The maximum atomic E-state index is 12.9. The topological polar surface area (TPSA) is 84.9 Å². The van der Waals surface area contributed by atoms with Gasteiger partial charge in [-0.25, -0.2) is 13.1 Å². The van der Waals surface area contributed by atoms with Crippen LogP contribution in [-0.2, 0) is 14.8 Å². The van der Waals surface area contributed by atoms with Crippen LogP contribution in [0.15, 0.2) is 47.4 Å². The number of sulfonamides is 1. The van der Waals surface area contributed by atoms with Gasteiger partial charge in [-0.05, 0) is 49.2 Å². The van der Waals surface area contributed by atoms with E-state index in [1.54, 1.807) is 37.1 Å². The highest BCUT2D eigenvalue weighted by molar-refractivity contribution is 7.89. The Balaban J connectivity index is 1.87. The van der Waals surface area contributed by atoms with E-state index in [0.717, 1.165) is 12.0 Å². The molecule has 0 aliphatic carbocycles. The summed E-state index contributed by atoms with van der Waals surface area (Å²) in [6.45, 7) is 2.32. The lowest BCUT2D eigenvalue weighted by molar-refractivity contribution is -0.117. The lowest BCUT2D eigenvalue weighted by Crippen LogP contribution is -2.28. The van der Waals surface area contributed by atoms with Gasteiger partial charge in [-0.2, -0.15) is 0 Å². The average molecular weight is 404 g/mol. The van der Waals surface area contributed by atoms with Crippen molar-refractivity contribution < 1.29 is 22.7 Å². The predicted octanol–water partition coefficient (Wildman–Crippen LogP) is 2.87. The van der Waals surface area contributed by atoms with Crippen molar-refractivity contribution in [2.24, 2.45) is 0 Å². The fourth-order valence-electron chi connectivity index (χ4n) is 3.21. The third-order valence-corrected chi connectivity index (χ3v) is 6.31. The van der Waals surface area contributed by atoms with Gasteiger partial charge in [0.25, 0.3) is 0 Å². The Hall–Kier alpha value is -2.58. The molecule has 0 spiro atoms. The molecule has 1 fully saturated rings. The second kappa shape index (κ2) is 8.20. The van der Waals surface area contributed by atoms with E-state index in [1.165, 1.54) is 19.2 Å². The molecule has 1 atom stereocenters. The fourth-order valence-corrected chi connectivity index (χ4v) is 4.46. The summed E-state index contributed by atoms with van der Waals surface area (Å²) in [5.41, 5.74) is 1.29. The van der Waals surface area contributed by atoms with Gasteiger partial charge < -0.3 is 14.4 Å². The highest BCUT2D eigenvalue weighted by Crippen LogP contribution is 2.34. The van der Waals surface area contributed by atoms with Crippen LogP contribution in [0.1, 0.15) is 31.4 Å². The van der Waals surface area contributed by atoms with Crippen LogP contribution in [0, 0.1) is 0 Å². The summed E-state index contributed by atoms with van der Waals surface area (Å²) in [5.74, 6) is 1.14. The van der Waals surface area contributed by atoms with Crippen LogP contribution >= 0.6 is 0 Å². The minimum atomic E-state index is -3.79. The van der Waals surface area contributed by atoms with Gasteiger partial charge in [-0.1, -0.05) is 12.1 Å². The van der Waals surface area contributed by atoms with E-state index in [1.807, 2.05) is 12.1 Å². The van der Waals surface area contributed by atoms with Crippen LogP contribution in [0.25, 0.3) is 0 Å². The van der Waals surface area contributed by atoms with E-state index in [2.05, 4.69) is 4.72 Å². The van der Waals surface area contributed by atoms with E-state index in [-0.39, 0.29) is 10.8 Å². The Bertz CT molecular complexity index is 957. The molecule has 1 N–H and O–H groups in total. The van der Waals surface area contributed by atoms with Crippen LogP contribution in [0.5, 0.6) is 11.5 Å². The zero-order valence-electron chi connectivity index (χ0n) is 16.1. The number of benzene rings is 2. The molecule has 0 aromatic heterocycles. The Morgan fingerprint density at radius 3 is 2.36 bits per heavy atom. The molecule has 1 amide bonds. The fraction of sp³-hybridized carbons (Fsp3) is 0.350. The summed E-state index contributed by atoms with van der Waals surface area (Å²) >= 11 is 0. The number of amides is 1. The Morgan fingerprint density at radius 1 is 1.07 bits per heavy atom. The van der Waals surface area contributed by atoms with Gasteiger partial charge in [0.1, 0.15) is 11.5 Å². The van der Waals surface area contributed by atoms with Crippen LogP contribution < -0.4 is 19.1 Å². The molecule has 1 aliphatic rings. The number of methoxy groups -OCH3 is 2. The van der Waals surface area contributed by atoms with E-state index in [0.29, 0.717) is 30.2 Å². The smallest absolute Gasteiger partial charge is 0.241 e. The van der Waals surface area contributed by atoms with Gasteiger partial charge in [0.15, 0.2) is 0 Å². The Labute approximate surface area is 165 Å². The van der Waals surface area contributed by atoms with E-state index in [9.17, 15) is 13.2 Å². The van der Waals surface area contributed by atoms with Crippen molar-refractivity contribution in [2.75, 3.05) is 25.7 Å². The number of carbonyl (C=O) groups is 1. The second-order valence-corrected chi connectivity index (χ2v) is 8.31. The molecule has 8 heteroatoms. The van der Waals surface area contributed by atoms with Gasteiger partial charge in [0.2, 0.25) is 15.9 Å². The standard InChI is InChI=1S/C20H24N2O5S/c1-14(15-6-8-16(26-2)9-7-15)21-28(24,25)17-10-11-19(27-3)18(13-17)22-12-4-5-20(22)23/h6-11,13-14,21H,4-5,12H2,1-3H3/t14-/m1/s1. The maximum Gasteiger partial charge on any atom is 0.241 e. The first-order valence-corrected chi connectivity index (χ1v) is 10.5. The lowest BCUT2D eigenvalue weighted by atomic mass is 10.1. The molecule has 28 heavy (non-hydrogen) atoms. The summed E-state index contributed by atoms with van der Waals surface area (Å²) in [5, 5.41) is 0. The molecule has 150 valence electrons. The average Bonchev–Trinajstić information content (AvgIpc) is 3.12. The monoisotopic (exact) mass is 404 g/mol. The zero-order chi connectivity index (χ0) is 20.3. The third-order valence-electron chi connectivity index (χ3n) is 4.77. The number of anilines is 1. The minimum absolute atomic E-state index is 0.0348. The van der Waals surface area contributed by atoms with E-state index in [4.69, 9.17) is 9.47 Å². The number of nitrogens with one attached hydrogen (secondary N) is 1. The van der Waals surface area contributed by atoms with Crippen molar-refractivity contribution in [3.8, 4) is 11.5 Å². The van der Waals surface area contributed by atoms with Crippen molar-refractivity contribution in [2.45, 2.75) is 30.7 Å². The van der Waals surface area contributed by atoms with E-state index >= 15 is 0 Å². The zero-order valence-corrected chi connectivity index (χ0v) is 17.0. The Morgan fingerprint density at radius 2 is 1.79 bits per heavy atom. The quantitative estimate of drug-likeness (QED) is 0.767. The lowest BCUT2D eigenvalue weighted by Gasteiger charge is -2.21. The van der Waals surface area contributed by atoms with E-state index < -0.39 is 16.1 Å². The van der Waals surface area contributed by atoms with Crippen LogP contribution in [0.3, 0.4) is 0 Å². The Kier molecular flexibility index (Phi) is 5.90. The number of carbonyl (C=O) groups excluding carboxylic acids is 1. The van der Waals surface area contributed by atoms with Crippen molar-refractivity contribution >= 4 is 21.6 Å². The molecule has 2 aromatic carbocycles. The molecular weight excluding hydrogens is 380 g/mol. The molecule has 1 aliphatic heterocycles. The number of ether oxygens (including phenoxy) is 2. The second-order valence-electron chi connectivity index (χ2n) is 6.60. The van der Waals surface area contributed by atoms with Crippen LogP contribution in [-0.4, -0.2) is 35.1 Å². The third kappa shape index (κ3) is 4.13. The van der Waals surface area contributed by atoms with Crippen molar-refractivity contribution in [1.82, 2.24) is 4.72 Å². The number of hydrogen-bond acceptors (Lipinski definition) is 5. The summed E-state index contributed by atoms with van der Waals surface area (Å²) < 4.78 is 38.9. The van der Waals surface area contributed by atoms with Gasteiger partial charge in [-0.3, -0.25) is 4.79 Å². The number of nitrogens with zero attached hydrogens (tertiary/aromatic N) is 1. The highest BCUT2D eigenvalue weighted by atomic mass is 32.2. The molecule has 7 nitrogen and oxygen atoms in total. The van der Waals surface area contributed by atoms with Crippen molar-refractivity contribution in [1.29, 1.82) is 0 Å². The normalized spacial score (nSPS) is 15.5. The van der Waals surface area contributed by atoms with Crippen LogP contribution in [0.4, 0.5) is 5.69 Å². The maximum absolute atomic E-state index is 12.9. The molecule has 1 saturated heterocycles. The molecule has 0 radical (unpaired) electrons. The molecule has 1 heterocycles.